The van der Waals surface area contributed by atoms with E-state index in [4.69, 9.17) is 14.2 Å². The van der Waals surface area contributed by atoms with Gasteiger partial charge in [0.1, 0.15) is 5.75 Å². The summed E-state index contributed by atoms with van der Waals surface area (Å²) in [7, 11) is 1.66. The maximum atomic E-state index is 6.44. The number of piperidine rings is 1. The summed E-state index contributed by atoms with van der Waals surface area (Å²) in [6, 6.07) is 7.22. The Morgan fingerprint density at radius 1 is 1.14 bits per heavy atom. The van der Waals surface area contributed by atoms with Gasteiger partial charge in [-0.25, -0.2) is 4.98 Å². The highest BCUT2D eigenvalue weighted by Gasteiger charge is 2.42. The van der Waals surface area contributed by atoms with Crippen LogP contribution in [0.3, 0.4) is 0 Å². The minimum Gasteiger partial charge on any atom is -0.481 e. The van der Waals surface area contributed by atoms with Crippen molar-refractivity contribution in [1.29, 1.82) is 0 Å². The molecular weight excluding hydrogens is 364 g/mol. The van der Waals surface area contributed by atoms with Gasteiger partial charge in [0.05, 0.1) is 13.7 Å². The number of benzene rings is 1. The summed E-state index contributed by atoms with van der Waals surface area (Å²) in [6.07, 6.45) is 7.90. The second kappa shape index (κ2) is 7.29. The van der Waals surface area contributed by atoms with Gasteiger partial charge in [0.25, 0.3) is 0 Å². The highest BCUT2D eigenvalue weighted by atomic mass is 16.7. The topological polar surface area (TPSA) is 43.8 Å². The molecule has 1 saturated carbocycles. The van der Waals surface area contributed by atoms with Gasteiger partial charge in [-0.15, -0.1) is 0 Å². The van der Waals surface area contributed by atoms with Crippen molar-refractivity contribution in [2.45, 2.75) is 64.4 Å². The molecule has 3 aliphatic rings. The quantitative estimate of drug-likeness (QED) is 0.760. The average Bonchev–Trinajstić information content (AvgIpc) is 2.70. The lowest BCUT2D eigenvalue weighted by Crippen LogP contribution is -2.54. The largest absolute Gasteiger partial charge is 0.481 e. The molecule has 0 atom stereocenters. The monoisotopic (exact) mass is 394 g/mol. The first-order valence-electron chi connectivity index (χ1n) is 10.8. The molecule has 1 aliphatic carbocycles. The lowest BCUT2D eigenvalue weighted by molar-refractivity contribution is -0.231. The molecule has 5 nitrogen and oxygen atoms in total. The number of fused-ring (bicyclic) bond motifs is 1. The highest BCUT2D eigenvalue weighted by molar-refractivity contribution is 5.70. The molecule has 1 spiro atoms. The molecule has 2 fully saturated rings. The molecule has 1 saturated heterocycles. The van der Waals surface area contributed by atoms with Gasteiger partial charge in [-0.1, -0.05) is 12.5 Å². The number of hydrogen-bond acceptors (Lipinski definition) is 5. The minimum atomic E-state index is -0.442. The van der Waals surface area contributed by atoms with Crippen LogP contribution < -0.4 is 9.47 Å². The normalized spacial score (nSPS) is 21.3. The van der Waals surface area contributed by atoms with Crippen LogP contribution in [-0.4, -0.2) is 41.9 Å². The van der Waals surface area contributed by atoms with Crippen LogP contribution in [0.2, 0.25) is 0 Å². The molecule has 1 aromatic carbocycles. The third kappa shape index (κ3) is 3.30. The van der Waals surface area contributed by atoms with Gasteiger partial charge >= 0.3 is 0 Å². The zero-order chi connectivity index (χ0) is 20.0. The predicted molar refractivity (Wildman–Crippen MR) is 112 cm³/mol. The first-order valence-corrected chi connectivity index (χ1v) is 10.8. The second-order valence-electron chi connectivity index (χ2n) is 8.68. The van der Waals surface area contributed by atoms with Gasteiger partial charge in [-0.05, 0) is 49.9 Å². The molecule has 29 heavy (non-hydrogen) atoms. The molecule has 5 rings (SSSR count). The summed E-state index contributed by atoms with van der Waals surface area (Å²) in [5, 5.41) is 0. The fourth-order valence-corrected chi connectivity index (χ4v) is 4.80. The average molecular weight is 395 g/mol. The van der Waals surface area contributed by atoms with E-state index in [-0.39, 0.29) is 0 Å². The number of nitrogens with zero attached hydrogens (tertiary/aromatic N) is 2. The van der Waals surface area contributed by atoms with Gasteiger partial charge in [0, 0.05) is 54.9 Å². The van der Waals surface area contributed by atoms with E-state index in [1.54, 1.807) is 7.11 Å². The Kier molecular flexibility index (Phi) is 4.75. The standard InChI is InChI=1S/C24H30N2O3/c1-16-17(2)23(27-3)25-14-21(16)18-7-8-22-19(13-18)15-28-24(29-22)9-11-26(12-10-24)20-5-4-6-20/h7-8,13-14,20H,4-6,9-12,15H2,1-3H3. The summed E-state index contributed by atoms with van der Waals surface area (Å²) < 4.78 is 18.1. The van der Waals surface area contributed by atoms with Crippen molar-refractivity contribution < 1.29 is 14.2 Å². The molecule has 0 bridgehead atoms. The van der Waals surface area contributed by atoms with Crippen LogP contribution in [0.5, 0.6) is 11.6 Å². The summed E-state index contributed by atoms with van der Waals surface area (Å²) in [6.45, 7) is 6.93. The Bertz CT molecular complexity index is 915. The number of likely N-dealkylation sites (tertiary alicyclic amines) is 1. The Morgan fingerprint density at radius 2 is 1.93 bits per heavy atom. The molecule has 0 N–H and O–H groups in total. The van der Waals surface area contributed by atoms with Crippen molar-refractivity contribution in [2.24, 2.45) is 0 Å². The number of methoxy groups -OCH3 is 1. The number of ether oxygens (including phenoxy) is 3. The van der Waals surface area contributed by atoms with Gasteiger partial charge in [-0.3, -0.25) is 4.90 Å². The molecule has 0 amide bonds. The molecule has 3 heterocycles. The third-order valence-corrected chi connectivity index (χ3v) is 7.10. The molecule has 0 radical (unpaired) electrons. The number of hydrogen-bond donors (Lipinski definition) is 0. The number of pyridine rings is 1. The van der Waals surface area contributed by atoms with Crippen LogP contribution in [0.25, 0.3) is 11.1 Å². The zero-order valence-corrected chi connectivity index (χ0v) is 17.7. The van der Waals surface area contributed by atoms with Crippen LogP contribution in [-0.2, 0) is 11.3 Å². The van der Waals surface area contributed by atoms with Gasteiger partial charge in [0.15, 0.2) is 0 Å². The van der Waals surface area contributed by atoms with Gasteiger partial charge in [-0.2, -0.15) is 0 Å². The van der Waals surface area contributed by atoms with E-state index in [1.807, 2.05) is 6.20 Å². The summed E-state index contributed by atoms with van der Waals surface area (Å²) in [4.78, 5) is 7.08. The van der Waals surface area contributed by atoms with Crippen molar-refractivity contribution in [3.8, 4) is 22.8 Å². The van der Waals surface area contributed by atoms with Crippen molar-refractivity contribution in [3.05, 3.63) is 41.1 Å². The van der Waals surface area contributed by atoms with Crippen molar-refractivity contribution in [2.75, 3.05) is 20.2 Å². The zero-order valence-electron chi connectivity index (χ0n) is 17.7. The van der Waals surface area contributed by atoms with Gasteiger partial charge < -0.3 is 14.2 Å². The number of rotatable bonds is 3. The lowest BCUT2D eigenvalue weighted by Gasteiger charge is -2.47. The van der Waals surface area contributed by atoms with Crippen LogP contribution >= 0.6 is 0 Å². The van der Waals surface area contributed by atoms with E-state index in [9.17, 15) is 0 Å². The smallest absolute Gasteiger partial charge is 0.216 e. The molecular formula is C24H30N2O3. The van der Waals surface area contributed by atoms with Gasteiger partial charge in [0.2, 0.25) is 11.7 Å². The fraction of sp³-hybridized carbons (Fsp3) is 0.542. The molecule has 154 valence electrons. The first kappa shape index (κ1) is 18.9. The minimum absolute atomic E-state index is 0.442. The van der Waals surface area contributed by atoms with E-state index in [0.29, 0.717) is 12.5 Å². The predicted octanol–water partition coefficient (Wildman–Crippen LogP) is 4.63. The summed E-state index contributed by atoms with van der Waals surface area (Å²) in [5.41, 5.74) is 5.65. The Hall–Kier alpha value is -2.11. The Morgan fingerprint density at radius 3 is 2.62 bits per heavy atom. The van der Waals surface area contributed by atoms with Crippen LogP contribution in [0.1, 0.15) is 48.8 Å². The molecule has 5 heteroatoms. The van der Waals surface area contributed by atoms with Crippen molar-refractivity contribution in [1.82, 2.24) is 9.88 Å². The summed E-state index contributed by atoms with van der Waals surface area (Å²) >= 11 is 0. The van der Waals surface area contributed by atoms with Crippen molar-refractivity contribution in [3.63, 3.8) is 0 Å². The maximum absolute atomic E-state index is 6.44. The molecule has 2 aromatic rings. The highest BCUT2D eigenvalue weighted by Crippen LogP contribution is 2.41. The second-order valence-corrected chi connectivity index (χ2v) is 8.68. The third-order valence-electron chi connectivity index (χ3n) is 7.10. The van der Waals surface area contributed by atoms with Crippen LogP contribution in [0.15, 0.2) is 24.4 Å². The van der Waals surface area contributed by atoms with Crippen molar-refractivity contribution >= 4 is 0 Å². The first-order chi connectivity index (χ1) is 14.1. The van der Waals surface area contributed by atoms with E-state index in [1.165, 1.54) is 24.8 Å². The van der Waals surface area contributed by atoms with E-state index < -0.39 is 5.79 Å². The molecule has 2 aliphatic heterocycles. The van der Waals surface area contributed by atoms with Crippen LogP contribution in [0.4, 0.5) is 0 Å². The Labute approximate surface area is 173 Å². The SMILES string of the molecule is COc1ncc(-c2ccc3c(c2)COC2(CCN(C4CCC4)CC2)O3)c(C)c1C. The van der Waals surface area contributed by atoms with E-state index in [0.717, 1.165) is 60.0 Å². The Balaban J connectivity index is 1.34. The fourth-order valence-electron chi connectivity index (χ4n) is 4.80. The molecule has 1 aromatic heterocycles. The number of aromatic nitrogens is 1. The van der Waals surface area contributed by atoms with Crippen LogP contribution in [0, 0.1) is 13.8 Å². The summed E-state index contributed by atoms with van der Waals surface area (Å²) in [5.74, 6) is 1.21. The molecule has 0 unspecified atom stereocenters. The van der Waals surface area contributed by atoms with E-state index >= 15 is 0 Å². The van der Waals surface area contributed by atoms with E-state index in [2.05, 4.69) is 41.9 Å². The maximum Gasteiger partial charge on any atom is 0.216 e. The lowest BCUT2D eigenvalue weighted by atomic mass is 9.89.